The number of pyridine rings is 1. The first-order valence-corrected chi connectivity index (χ1v) is 5.63. The molecule has 0 amide bonds. The van der Waals surface area contributed by atoms with Gasteiger partial charge in [0.25, 0.3) is 0 Å². The van der Waals surface area contributed by atoms with Gasteiger partial charge >= 0.3 is 6.18 Å². The first-order chi connectivity index (χ1) is 8.38. The largest absolute Gasteiger partial charge is 0.768 e. The van der Waals surface area contributed by atoms with E-state index in [0.717, 1.165) is 29.3 Å². The second-order valence-electron chi connectivity index (χ2n) is 3.25. The molecule has 5 nitrogen and oxygen atoms in total. The van der Waals surface area contributed by atoms with Crippen LogP contribution in [0.5, 0.6) is 0 Å². The number of halogens is 3. The van der Waals surface area contributed by atoms with E-state index in [2.05, 4.69) is 10.1 Å². The summed E-state index contributed by atoms with van der Waals surface area (Å²) in [5.74, 6) is 0. The molecule has 0 saturated heterocycles. The van der Waals surface area contributed by atoms with Crippen LogP contribution in [0.15, 0.2) is 35.6 Å². The van der Waals surface area contributed by atoms with Crippen LogP contribution >= 0.6 is 0 Å². The maximum Gasteiger partial charge on any atom is 0.433 e. The minimum absolute atomic E-state index is 0.0778. The molecular formula is C9H5F3N3O2S-. The van der Waals surface area contributed by atoms with Gasteiger partial charge in [-0.05, 0) is 23.2 Å². The molecule has 18 heavy (non-hydrogen) atoms. The number of hydrogen-bond donors (Lipinski definition) is 0. The fourth-order valence-electron chi connectivity index (χ4n) is 1.25. The molecule has 2 aromatic heterocycles. The van der Waals surface area contributed by atoms with Crippen molar-refractivity contribution in [1.29, 1.82) is 0 Å². The van der Waals surface area contributed by atoms with Crippen LogP contribution in [-0.4, -0.2) is 23.5 Å². The van der Waals surface area contributed by atoms with Crippen LogP contribution in [0.3, 0.4) is 0 Å². The molecule has 0 N–H and O–H groups in total. The van der Waals surface area contributed by atoms with Gasteiger partial charge in [0.2, 0.25) is 0 Å². The summed E-state index contributed by atoms with van der Waals surface area (Å²) in [6, 6.07) is 2.07. The minimum atomic E-state index is -4.56. The van der Waals surface area contributed by atoms with Crippen LogP contribution in [0.1, 0.15) is 5.69 Å². The molecule has 96 valence electrons. The fourth-order valence-corrected chi connectivity index (χ4v) is 1.57. The van der Waals surface area contributed by atoms with E-state index in [9.17, 15) is 21.9 Å². The predicted molar refractivity (Wildman–Crippen MR) is 53.5 cm³/mol. The zero-order valence-electron chi connectivity index (χ0n) is 8.59. The van der Waals surface area contributed by atoms with E-state index >= 15 is 0 Å². The Balaban J connectivity index is 2.41. The summed E-state index contributed by atoms with van der Waals surface area (Å²) in [4.78, 5) is 3.08. The van der Waals surface area contributed by atoms with E-state index in [1.807, 2.05) is 0 Å². The molecule has 1 unspecified atom stereocenters. The monoisotopic (exact) mass is 276 g/mol. The van der Waals surface area contributed by atoms with Gasteiger partial charge < -0.3 is 4.55 Å². The Bertz CT molecular complexity index is 597. The number of nitrogens with zero attached hydrogens (tertiary/aromatic N) is 3. The van der Waals surface area contributed by atoms with Crippen LogP contribution in [0.25, 0.3) is 5.69 Å². The lowest BCUT2D eigenvalue weighted by atomic mass is 10.3. The fraction of sp³-hybridized carbons (Fsp3) is 0.111. The highest BCUT2D eigenvalue weighted by molar-refractivity contribution is 7.79. The molecule has 0 aromatic carbocycles. The minimum Gasteiger partial charge on any atom is -0.768 e. The summed E-state index contributed by atoms with van der Waals surface area (Å²) in [6.07, 6.45) is -1.43. The standard InChI is InChI=1S/C9H6F3N3O2S/c10-9(11,12)8-3-6(1-2-13-8)15-5-7(4-14-15)18(16)17/h1-5H,(H,16,17)/p-1. The number of rotatable bonds is 2. The van der Waals surface area contributed by atoms with Crippen LogP contribution < -0.4 is 0 Å². The number of alkyl halides is 3. The Morgan fingerprint density at radius 1 is 1.39 bits per heavy atom. The van der Waals surface area contributed by atoms with Crippen molar-refractivity contribution >= 4 is 11.1 Å². The Morgan fingerprint density at radius 2 is 2.11 bits per heavy atom. The molecule has 0 radical (unpaired) electrons. The first-order valence-electron chi connectivity index (χ1n) is 4.55. The van der Waals surface area contributed by atoms with Crippen LogP contribution in [-0.2, 0) is 17.3 Å². The molecule has 0 spiro atoms. The van der Waals surface area contributed by atoms with Crippen molar-refractivity contribution in [2.45, 2.75) is 11.1 Å². The molecule has 0 saturated carbocycles. The van der Waals surface area contributed by atoms with Crippen molar-refractivity contribution in [1.82, 2.24) is 14.8 Å². The van der Waals surface area contributed by atoms with Gasteiger partial charge in [-0.25, -0.2) is 4.68 Å². The first kappa shape index (κ1) is 12.7. The van der Waals surface area contributed by atoms with Crippen molar-refractivity contribution in [2.75, 3.05) is 0 Å². The van der Waals surface area contributed by atoms with Gasteiger partial charge in [0.15, 0.2) is 0 Å². The van der Waals surface area contributed by atoms with Crippen molar-refractivity contribution < 1.29 is 21.9 Å². The van der Waals surface area contributed by atoms with Crippen LogP contribution in [0.4, 0.5) is 13.2 Å². The topological polar surface area (TPSA) is 70.8 Å². The molecule has 0 bridgehead atoms. The summed E-state index contributed by atoms with van der Waals surface area (Å²) in [6.45, 7) is 0. The maximum atomic E-state index is 12.4. The molecule has 0 fully saturated rings. The Hall–Kier alpha value is -1.74. The molecule has 0 aliphatic rings. The third-order valence-electron chi connectivity index (χ3n) is 2.05. The van der Waals surface area contributed by atoms with E-state index in [4.69, 9.17) is 0 Å². The van der Waals surface area contributed by atoms with E-state index in [0.29, 0.717) is 0 Å². The van der Waals surface area contributed by atoms with Crippen LogP contribution in [0, 0.1) is 0 Å². The lowest BCUT2D eigenvalue weighted by Gasteiger charge is -2.07. The van der Waals surface area contributed by atoms with E-state index in [-0.39, 0.29) is 10.6 Å². The quantitative estimate of drug-likeness (QED) is 0.780. The highest BCUT2D eigenvalue weighted by Crippen LogP contribution is 2.28. The predicted octanol–water partition coefficient (Wildman–Crippen LogP) is 1.52. The van der Waals surface area contributed by atoms with Crippen molar-refractivity contribution in [2.24, 2.45) is 0 Å². The van der Waals surface area contributed by atoms with Crippen molar-refractivity contribution in [3.63, 3.8) is 0 Å². The second-order valence-corrected chi connectivity index (χ2v) is 4.19. The molecule has 2 aromatic rings. The molecule has 0 aliphatic carbocycles. The van der Waals surface area contributed by atoms with Gasteiger partial charge in [0, 0.05) is 12.4 Å². The van der Waals surface area contributed by atoms with Gasteiger partial charge in [0.1, 0.15) is 5.69 Å². The Labute approximate surface area is 102 Å². The van der Waals surface area contributed by atoms with Gasteiger partial charge in [-0.2, -0.15) is 18.3 Å². The Kier molecular flexibility index (Phi) is 3.18. The third-order valence-corrected chi connectivity index (χ3v) is 2.65. The molecule has 0 aliphatic heterocycles. The average molecular weight is 276 g/mol. The molecule has 2 heterocycles. The average Bonchev–Trinajstić information content (AvgIpc) is 2.77. The summed E-state index contributed by atoms with van der Waals surface area (Å²) < 4.78 is 59.6. The van der Waals surface area contributed by atoms with Gasteiger partial charge in [0.05, 0.1) is 16.8 Å². The zero-order chi connectivity index (χ0) is 13.3. The summed E-state index contributed by atoms with van der Waals surface area (Å²) >= 11 is -2.48. The molecule has 9 heteroatoms. The van der Waals surface area contributed by atoms with Gasteiger partial charge in [-0.3, -0.25) is 9.19 Å². The highest BCUT2D eigenvalue weighted by Gasteiger charge is 2.32. The second kappa shape index (κ2) is 4.50. The third kappa shape index (κ3) is 2.57. The van der Waals surface area contributed by atoms with Crippen LogP contribution in [0.2, 0.25) is 0 Å². The van der Waals surface area contributed by atoms with Crippen molar-refractivity contribution in [3.8, 4) is 5.69 Å². The van der Waals surface area contributed by atoms with E-state index in [1.54, 1.807) is 0 Å². The van der Waals surface area contributed by atoms with Gasteiger partial charge in [-0.15, -0.1) is 0 Å². The zero-order valence-corrected chi connectivity index (χ0v) is 9.40. The van der Waals surface area contributed by atoms with E-state index in [1.165, 1.54) is 6.07 Å². The van der Waals surface area contributed by atoms with E-state index < -0.39 is 23.0 Å². The lowest BCUT2D eigenvalue weighted by Crippen LogP contribution is -2.09. The molecule has 1 atom stereocenters. The summed E-state index contributed by atoms with van der Waals surface area (Å²) in [5, 5.41) is 3.66. The van der Waals surface area contributed by atoms with Gasteiger partial charge in [-0.1, -0.05) is 0 Å². The SMILES string of the molecule is O=S([O-])c1cnn(-c2ccnc(C(F)(F)F)c2)c1. The van der Waals surface area contributed by atoms with Crippen molar-refractivity contribution in [3.05, 3.63) is 36.4 Å². The number of hydrogen-bond acceptors (Lipinski definition) is 4. The summed E-state index contributed by atoms with van der Waals surface area (Å²) in [7, 11) is 0. The normalized spacial score (nSPS) is 13.6. The number of aromatic nitrogens is 3. The summed E-state index contributed by atoms with van der Waals surface area (Å²) in [5.41, 5.74) is -0.991. The lowest BCUT2D eigenvalue weighted by molar-refractivity contribution is -0.141. The smallest absolute Gasteiger partial charge is 0.433 e. The molecular weight excluding hydrogens is 271 g/mol. The maximum absolute atomic E-state index is 12.4. The highest BCUT2D eigenvalue weighted by atomic mass is 32.2. The molecule has 2 rings (SSSR count). The Morgan fingerprint density at radius 3 is 2.67 bits per heavy atom.